The van der Waals surface area contributed by atoms with Crippen molar-refractivity contribution in [3.05, 3.63) is 0 Å². The predicted molar refractivity (Wildman–Crippen MR) is 52.0 cm³/mol. The molecule has 1 saturated heterocycles. The SMILES string of the molecule is CO[C@@H]1CCN(C(=O)Cl)CC[C@H]1C. The highest BCUT2D eigenvalue weighted by Crippen LogP contribution is 2.20. The topological polar surface area (TPSA) is 29.5 Å². The molecule has 1 fully saturated rings. The first-order chi connectivity index (χ1) is 6.15. The summed E-state index contributed by atoms with van der Waals surface area (Å²) in [6.07, 6.45) is 2.12. The fourth-order valence-electron chi connectivity index (χ4n) is 1.75. The molecule has 2 atom stereocenters. The van der Waals surface area contributed by atoms with Gasteiger partial charge in [-0.1, -0.05) is 6.92 Å². The maximum absolute atomic E-state index is 10.9. The van der Waals surface area contributed by atoms with E-state index >= 15 is 0 Å². The Labute approximate surface area is 84.0 Å². The molecule has 1 heterocycles. The Morgan fingerprint density at radius 1 is 1.46 bits per heavy atom. The first-order valence-corrected chi connectivity index (χ1v) is 5.00. The number of halogens is 1. The number of carbonyl (C=O) groups is 1. The molecule has 0 aromatic rings. The number of likely N-dealkylation sites (tertiary alicyclic amines) is 1. The fourth-order valence-corrected chi connectivity index (χ4v) is 1.92. The zero-order valence-corrected chi connectivity index (χ0v) is 8.88. The lowest BCUT2D eigenvalue weighted by Gasteiger charge is -2.18. The minimum absolute atomic E-state index is 0.265. The average molecular weight is 206 g/mol. The quantitative estimate of drug-likeness (QED) is 0.485. The predicted octanol–water partition coefficient (Wildman–Crippen LogP) is 2.09. The molecule has 4 heteroatoms. The van der Waals surface area contributed by atoms with Gasteiger partial charge in [-0.3, -0.25) is 4.79 Å². The molecule has 0 aliphatic carbocycles. The van der Waals surface area contributed by atoms with E-state index in [9.17, 15) is 4.79 Å². The molecule has 1 aliphatic heterocycles. The molecule has 0 saturated carbocycles. The third-order valence-corrected chi connectivity index (χ3v) is 2.96. The lowest BCUT2D eigenvalue weighted by atomic mass is 10.00. The van der Waals surface area contributed by atoms with Crippen molar-refractivity contribution in [2.45, 2.75) is 25.9 Å². The molecule has 1 rings (SSSR count). The molecular weight excluding hydrogens is 190 g/mol. The van der Waals surface area contributed by atoms with Crippen molar-refractivity contribution in [3.8, 4) is 0 Å². The Morgan fingerprint density at radius 2 is 2.08 bits per heavy atom. The maximum Gasteiger partial charge on any atom is 0.316 e. The van der Waals surface area contributed by atoms with E-state index in [4.69, 9.17) is 16.3 Å². The van der Waals surface area contributed by atoms with Crippen LogP contribution in [0.3, 0.4) is 0 Å². The summed E-state index contributed by atoms with van der Waals surface area (Å²) in [7, 11) is 1.72. The van der Waals surface area contributed by atoms with Crippen LogP contribution in [0.4, 0.5) is 4.79 Å². The number of hydrogen-bond acceptors (Lipinski definition) is 2. The van der Waals surface area contributed by atoms with Gasteiger partial charge in [0.25, 0.3) is 0 Å². The summed E-state index contributed by atoms with van der Waals surface area (Å²) in [5.74, 6) is 0.506. The molecule has 0 radical (unpaired) electrons. The fraction of sp³-hybridized carbons (Fsp3) is 0.889. The summed E-state index contributed by atoms with van der Waals surface area (Å²) < 4.78 is 5.33. The molecule has 13 heavy (non-hydrogen) atoms. The standard InChI is InChI=1S/C9H16ClNO2/c1-7-3-5-11(9(10)12)6-4-8(7)13-2/h7-8H,3-6H2,1-2H3/t7-,8-/m1/s1. The van der Waals surface area contributed by atoms with Gasteiger partial charge in [0.1, 0.15) is 0 Å². The largest absolute Gasteiger partial charge is 0.381 e. The first kappa shape index (κ1) is 10.8. The number of amides is 1. The number of rotatable bonds is 1. The van der Waals surface area contributed by atoms with Crippen molar-refractivity contribution in [1.29, 1.82) is 0 Å². The summed E-state index contributed by atoms with van der Waals surface area (Å²) in [4.78, 5) is 12.6. The van der Waals surface area contributed by atoms with Gasteiger partial charge in [0.15, 0.2) is 0 Å². The van der Waals surface area contributed by atoms with Gasteiger partial charge in [0.05, 0.1) is 6.10 Å². The molecule has 0 N–H and O–H groups in total. The highest BCUT2D eigenvalue weighted by molar-refractivity contribution is 6.62. The monoisotopic (exact) mass is 205 g/mol. The van der Waals surface area contributed by atoms with Crippen molar-refractivity contribution >= 4 is 17.0 Å². The number of nitrogens with zero attached hydrogens (tertiary/aromatic N) is 1. The van der Waals surface area contributed by atoms with Crippen molar-refractivity contribution in [3.63, 3.8) is 0 Å². The van der Waals surface area contributed by atoms with Crippen LogP contribution < -0.4 is 0 Å². The zero-order valence-electron chi connectivity index (χ0n) is 8.12. The van der Waals surface area contributed by atoms with Crippen molar-refractivity contribution < 1.29 is 9.53 Å². The summed E-state index contributed by atoms with van der Waals surface area (Å²) in [5.41, 5.74) is 0. The van der Waals surface area contributed by atoms with Crippen molar-refractivity contribution in [2.75, 3.05) is 20.2 Å². The molecular formula is C9H16ClNO2. The van der Waals surface area contributed by atoms with Crippen LogP contribution in [0.2, 0.25) is 0 Å². The van der Waals surface area contributed by atoms with E-state index in [1.54, 1.807) is 12.0 Å². The summed E-state index contributed by atoms with van der Waals surface area (Å²) in [6, 6.07) is 0. The molecule has 1 amide bonds. The lowest BCUT2D eigenvalue weighted by Crippen LogP contribution is -2.27. The Morgan fingerprint density at radius 3 is 2.62 bits per heavy atom. The van der Waals surface area contributed by atoms with Crippen LogP contribution in [0, 0.1) is 5.92 Å². The Balaban J connectivity index is 2.51. The number of carbonyl (C=O) groups excluding carboxylic acids is 1. The number of methoxy groups -OCH3 is 1. The molecule has 0 unspecified atom stereocenters. The van der Waals surface area contributed by atoms with Gasteiger partial charge in [-0.15, -0.1) is 0 Å². The third kappa shape index (κ3) is 2.85. The Hall–Kier alpha value is -0.280. The van der Waals surface area contributed by atoms with E-state index in [-0.39, 0.29) is 11.5 Å². The van der Waals surface area contributed by atoms with Crippen LogP contribution in [0.15, 0.2) is 0 Å². The van der Waals surface area contributed by atoms with E-state index in [0.717, 1.165) is 19.4 Å². The summed E-state index contributed by atoms with van der Waals surface area (Å²) >= 11 is 5.41. The van der Waals surface area contributed by atoms with Crippen LogP contribution >= 0.6 is 11.6 Å². The Kier molecular flexibility index (Phi) is 4.00. The highest BCUT2D eigenvalue weighted by atomic mass is 35.5. The van der Waals surface area contributed by atoms with Gasteiger partial charge in [-0.25, -0.2) is 0 Å². The minimum atomic E-state index is -0.344. The van der Waals surface area contributed by atoms with Gasteiger partial charge in [0.2, 0.25) is 0 Å². The molecule has 0 aromatic heterocycles. The van der Waals surface area contributed by atoms with E-state index in [2.05, 4.69) is 6.92 Å². The minimum Gasteiger partial charge on any atom is -0.381 e. The van der Waals surface area contributed by atoms with Crippen LogP contribution in [0.1, 0.15) is 19.8 Å². The van der Waals surface area contributed by atoms with Crippen molar-refractivity contribution in [1.82, 2.24) is 4.90 Å². The van der Waals surface area contributed by atoms with Crippen LogP contribution in [0.5, 0.6) is 0 Å². The van der Waals surface area contributed by atoms with Gasteiger partial charge < -0.3 is 9.64 Å². The molecule has 0 spiro atoms. The normalized spacial score (nSPS) is 29.9. The second kappa shape index (κ2) is 4.82. The van der Waals surface area contributed by atoms with Crippen LogP contribution in [-0.2, 0) is 4.74 Å². The molecule has 0 aromatic carbocycles. The molecule has 3 nitrogen and oxygen atoms in total. The smallest absolute Gasteiger partial charge is 0.316 e. The first-order valence-electron chi connectivity index (χ1n) is 4.62. The Bertz CT molecular complexity index is 186. The van der Waals surface area contributed by atoms with Crippen LogP contribution in [0.25, 0.3) is 0 Å². The molecule has 76 valence electrons. The second-order valence-electron chi connectivity index (χ2n) is 3.57. The van der Waals surface area contributed by atoms with E-state index < -0.39 is 0 Å². The van der Waals surface area contributed by atoms with Gasteiger partial charge >= 0.3 is 5.37 Å². The highest BCUT2D eigenvalue weighted by Gasteiger charge is 2.24. The number of ether oxygens (including phenoxy) is 1. The van der Waals surface area contributed by atoms with Crippen LogP contribution in [-0.4, -0.2) is 36.6 Å². The summed E-state index contributed by atoms with van der Waals surface area (Å²) in [6.45, 7) is 3.62. The van der Waals surface area contributed by atoms with E-state index in [1.165, 1.54) is 0 Å². The third-order valence-electron chi connectivity index (χ3n) is 2.72. The van der Waals surface area contributed by atoms with E-state index in [1.807, 2.05) is 0 Å². The van der Waals surface area contributed by atoms with Gasteiger partial charge in [-0.05, 0) is 30.4 Å². The maximum atomic E-state index is 10.9. The molecule has 0 bridgehead atoms. The van der Waals surface area contributed by atoms with Gasteiger partial charge in [0, 0.05) is 20.2 Å². The van der Waals surface area contributed by atoms with Gasteiger partial charge in [-0.2, -0.15) is 0 Å². The molecule has 1 aliphatic rings. The second-order valence-corrected chi connectivity index (χ2v) is 3.89. The average Bonchev–Trinajstić information content (AvgIpc) is 2.27. The van der Waals surface area contributed by atoms with E-state index in [0.29, 0.717) is 12.5 Å². The zero-order chi connectivity index (χ0) is 9.84. The summed E-state index contributed by atoms with van der Waals surface area (Å²) in [5, 5.41) is -0.344. The lowest BCUT2D eigenvalue weighted by molar-refractivity contribution is 0.0559. The van der Waals surface area contributed by atoms with Crippen molar-refractivity contribution in [2.24, 2.45) is 5.92 Å². The number of hydrogen-bond donors (Lipinski definition) is 0.